The van der Waals surface area contributed by atoms with E-state index in [1.807, 2.05) is 12.1 Å². The minimum atomic E-state index is -4.79. The maximum Gasteiger partial charge on any atom is 0.295 e. The number of rotatable bonds is 5. The molecule has 31 heavy (non-hydrogen) atoms. The van der Waals surface area contributed by atoms with Gasteiger partial charge in [-0.05, 0) is 29.7 Å². The Kier molecular flexibility index (Phi) is 4.95. The van der Waals surface area contributed by atoms with E-state index in [0.29, 0.717) is 11.5 Å². The van der Waals surface area contributed by atoms with E-state index in [9.17, 15) is 33.6 Å². The molecule has 0 heterocycles. The summed E-state index contributed by atoms with van der Waals surface area (Å²) in [6.07, 6.45) is 0. The molecule has 0 spiro atoms. The van der Waals surface area contributed by atoms with E-state index in [-0.39, 0.29) is 38.8 Å². The van der Waals surface area contributed by atoms with Gasteiger partial charge in [-0.2, -0.15) is 8.42 Å². The molecule has 4 aromatic carbocycles. The zero-order valence-corrected chi connectivity index (χ0v) is 16.4. The van der Waals surface area contributed by atoms with Gasteiger partial charge >= 0.3 is 0 Å². The van der Waals surface area contributed by atoms with Crippen molar-refractivity contribution in [1.29, 1.82) is 0 Å². The van der Waals surface area contributed by atoms with Crippen molar-refractivity contribution in [3.05, 3.63) is 60.7 Å². The number of fused-ring (bicyclic) bond motifs is 2. The molecule has 5 N–H and O–H groups in total. The van der Waals surface area contributed by atoms with Crippen LogP contribution in [0.15, 0.2) is 65.6 Å². The largest absolute Gasteiger partial charge is 0.871 e. The fourth-order valence-electron chi connectivity index (χ4n) is 3.33. The molecule has 160 valence electrons. The van der Waals surface area contributed by atoms with E-state index in [0.717, 1.165) is 11.5 Å². The normalized spacial score (nSPS) is 11.6. The topological polar surface area (TPSA) is 168 Å². The van der Waals surface area contributed by atoms with Gasteiger partial charge < -0.3 is 21.1 Å². The van der Waals surface area contributed by atoms with Crippen molar-refractivity contribution in [3.8, 4) is 11.5 Å². The highest BCUT2D eigenvalue weighted by Crippen LogP contribution is 2.38. The summed E-state index contributed by atoms with van der Waals surface area (Å²) in [6.45, 7) is 0. The van der Waals surface area contributed by atoms with Crippen molar-refractivity contribution in [2.45, 2.75) is 4.90 Å². The molecule has 10 nitrogen and oxygen atoms in total. The van der Waals surface area contributed by atoms with Gasteiger partial charge in [-0.3, -0.25) is 15.0 Å². The van der Waals surface area contributed by atoms with Crippen LogP contribution in [0.5, 0.6) is 11.5 Å². The first-order valence-electron chi connectivity index (χ1n) is 8.81. The summed E-state index contributed by atoms with van der Waals surface area (Å²) in [5.41, 5.74) is 5.24. The molecular weight excluding hydrogens is 426 g/mol. The van der Waals surface area contributed by atoms with Crippen LogP contribution in [0.25, 0.3) is 21.5 Å². The lowest BCUT2D eigenvalue weighted by Crippen LogP contribution is -2.15. The maximum atomic E-state index is 12.6. The highest BCUT2D eigenvalue weighted by molar-refractivity contribution is 7.86. The predicted octanol–water partition coefficient (Wildman–Crippen LogP) is 2.41. The maximum absolute atomic E-state index is 12.6. The van der Waals surface area contributed by atoms with E-state index in [1.54, 1.807) is 18.2 Å². The van der Waals surface area contributed by atoms with Crippen LogP contribution >= 0.6 is 0 Å². The highest BCUT2D eigenvalue weighted by Gasteiger charge is 2.18. The van der Waals surface area contributed by atoms with E-state index >= 15 is 0 Å². The van der Waals surface area contributed by atoms with Gasteiger partial charge in [0.1, 0.15) is 4.90 Å². The molecule has 0 aliphatic heterocycles. The number of anilines is 3. The van der Waals surface area contributed by atoms with Gasteiger partial charge in [0.2, 0.25) is 0 Å². The zero-order valence-electron chi connectivity index (χ0n) is 15.6. The molecule has 0 aliphatic rings. The molecule has 0 unspecified atom stereocenters. The molecule has 4 aromatic rings. The van der Waals surface area contributed by atoms with Crippen LogP contribution in [-0.4, -0.2) is 23.4 Å². The van der Waals surface area contributed by atoms with Crippen molar-refractivity contribution in [1.82, 2.24) is 0 Å². The molecule has 11 heteroatoms. The van der Waals surface area contributed by atoms with Gasteiger partial charge in [-0.1, -0.05) is 47.9 Å². The van der Waals surface area contributed by atoms with Gasteiger partial charge in [0.25, 0.3) is 10.1 Å². The lowest BCUT2D eigenvalue weighted by Gasteiger charge is -2.24. The SMILES string of the molecule is O=S(=O)(O)c1cc([O-])c(NNc2c([O-])ccc3ccccc23)c2ccc(N(O)O)cc12. The lowest BCUT2D eigenvalue weighted by atomic mass is 10.1. The Balaban J connectivity index is 1.86. The summed E-state index contributed by atoms with van der Waals surface area (Å²) in [5, 5.41) is 44.5. The Morgan fingerprint density at radius 3 is 2.13 bits per heavy atom. The van der Waals surface area contributed by atoms with Crippen LogP contribution in [0.4, 0.5) is 17.1 Å². The number of benzene rings is 4. The molecular formula is C20H15N3O7S-2. The Labute approximate surface area is 175 Å². The van der Waals surface area contributed by atoms with Crippen molar-refractivity contribution < 1.29 is 33.6 Å². The number of nitrogens with one attached hydrogen (secondary N) is 2. The smallest absolute Gasteiger partial charge is 0.295 e. The Morgan fingerprint density at radius 1 is 0.774 bits per heavy atom. The average Bonchev–Trinajstić information content (AvgIpc) is 2.72. The minimum absolute atomic E-state index is 0.0610. The third kappa shape index (κ3) is 3.73. The first-order chi connectivity index (χ1) is 14.7. The molecule has 0 atom stereocenters. The van der Waals surface area contributed by atoms with Crippen LogP contribution in [-0.2, 0) is 10.1 Å². The summed E-state index contributed by atoms with van der Waals surface area (Å²) in [5.74, 6) is -1.12. The van der Waals surface area contributed by atoms with Crippen molar-refractivity contribution in [3.63, 3.8) is 0 Å². The van der Waals surface area contributed by atoms with Crippen molar-refractivity contribution in [2.75, 3.05) is 16.1 Å². The van der Waals surface area contributed by atoms with Crippen LogP contribution in [0.2, 0.25) is 0 Å². The summed E-state index contributed by atoms with van der Waals surface area (Å²) < 4.78 is 33.0. The summed E-state index contributed by atoms with van der Waals surface area (Å²) in [4.78, 5) is -0.698. The van der Waals surface area contributed by atoms with E-state index < -0.39 is 20.8 Å². The van der Waals surface area contributed by atoms with E-state index in [4.69, 9.17) is 0 Å². The second-order valence-corrected chi connectivity index (χ2v) is 8.04. The molecule has 0 aromatic heterocycles. The first kappa shape index (κ1) is 20.5. The van der Waals surface area contributed by atoms with Crippen LogP contribution < -0.4 is 26.3 Å². The molecule has 0 fully saturated rings. The van der Waals surface area contributed by atoms with Crippen LogP contribution in [0.3, 0.4) is 0 Å². The molecule has 0 saturated carbocycles. The zero-order chi connectivity index (χ0) is 22.3. The molecule has 4 rings (SSSR count). The van der Waals surface area contributed by atoms with E-state index in [1.165, 1.54) is 18.2 Å². The van der Waals surface area contributed by atoms with Crippen molar-refractivity contribution in [2.24, 2.45) is 0 Å². The summed E-state index contributed by atoms with van der Waals surface area (Å²) in [6, 6.07) is 14.4. The fourth-order valence-corrected chi connectivity index (χ4v) is 4.03. The standard InChI is InChI=1S/C20H17N3O7S/c24-16-8-5-11-3-1-2-4-13(11)19(16)21-22-20-14-7-6-12(23(26)27)9-15(14)18(10-17(20)25)31(28,29)30/h1-10,21-22,24-27H,(H,28,29,30)/p-2. The number of hydrazine groups is 1. The fraction of sp³-hybridized carbons (Fsp3) is 0. The number of hydrogen-bond donors (Lipinski definition) is 5. The monoisotopic (exact) mass is 441 g/mol. The van der Waals surface area contributed by atoms with Gasteiger partial charge in [0.15, 0.2) is 0 Å². The van der Waals surface area contributed by atoms with Gasteiger partial charge in [-0.15, -0.1) is 5.23 Å². The Bertz CT molecular complexity index is 1420. The lowest BCUT2D eigenvalue weighted by molar-refractivity contribution is -0.268. The summed E-state index contributed by atoms with van der Waals surface area (Å²) >= 11 is 0. The predicted molar refractivity (Wildman–Crippen MR) is 110 cm³/mol. The van der Waals surface area contributed by atoms with Crippen LogP contribution in [0, 0.1) is 0 Å². The highest BCUT2D eigenvalue weighted by atomic mass is 32.2. The van der Waals surface area contributed by atoms with Gasteiger partial charge in [0.05, 0.1) is 17.1 Å². The minimum Gasteiger partial charge on any atom is -0.871 e. The van der Waals surface area contributed by atoms with E-state index in [2.05, 4.69) is 10.9 Å². The molecule has 0 aliphatic carbocycles. The molecule has 0 bridgehead atoms. The second kappa shape index (κ2) is 7.49. The van der Waals surface area contributed by atoms with Crippen LogP contribution in [0.1, 0.15) is 0 Å². The molecule has 0 saturated heterocycles. The Morgan fingerprint density at radius 2 is 1.45 bits per heavy atom. The first-order valence-corrected chi connectivity index (χ1v) is 10.2. The third-order valence-corrected chi connectivity index (χ3v) is 5.65. The number of nitrogens with zero attached hydrogens (tertiary/aromatic N) is 1. The second-order valence-electron chi connectivity index (χ2n) is 6.65. The Hall–Kier alpha value is -3.77. The average molecular weight is 441 g/mol. The molecule has 0 amide bonds. The third-order valence-electron chi connectivity index (χ3n) is 4.76. The van der Waals surface area contributed by atoms with Crippen molar-refractivity contribution >= 4 is 48.7 Å². The van der Waals surface area contributed by atoms with Gasteiger partial charge in [-0.25, -0.2) is 0 Å². The van der Waals surface area contributed by atoms with Gasteiger partial charge in [0, 0.05) is 16.2 Å². The summed E-state index contributed by atoms with van der Waals surface area (Å²) in [7, 11) is -4.79. The number of hydrogen-bond acceptors (Lipinski definition) is 9. The quantitative estimate of drug-likeness (QED) is 0.229. The molecule has 0 radical (unpaired) electrons.